The normalized spacial score (nSPS) is 15.5. The number of hydrogen-bond donors (Lipinski definition) is 2. The van der Waals surface area contributed by atoms with Gasteiger partial charge in [0.2, 0.25) is 10.0 Å². The number of nitrogens with two attached hydrogens (primary N) is 1. The third-order valence-electron chi connectivity index (χ3n) is 3.01. The summed E-state index contributed by atoms with van der Waals surface area (Å²) in [5, 5.41) is 0. The monoisotopic (exact) mass is 311 g/mol. The number of nitrogens with one attached hydrogen (secondary N) is 1. The molecule has 0 aliphatic carbocycles. The number of carbonyl (C=O) groups is 2. The van der Waals surface area contributed by atoms with Gasteiger partial charge in [-0.25, -0.2) is 13.1 Å². The van der Waals surface area contributed by atoms with E-state index in [4.69, 9.17) is 5.73 Å². The highest BCUT2D eigenvalue weighted by molar-refractivity contribution is 7.88. The fraction of sp³-hybridized carbons (Fsp3) is 0.385. The van der Waals surface area contributed by atoms with Gasteiger partial charge in [0.25, 0.3) is 11.8 Å². The van der Waals surface area contributed by atoms with Crippen LogP contribution in [0.25, 0.3) is 0 Å². The summed E-state index contributed by atoms with van der Waals surface area (Å²) in [5.41, 5.74) is 5.58. The van der Waals surface area contributed by atoms with Gasteiger partial charge in [0, 0.05) is 17.8 Å². The van der Waals surface area contributed by atoms with Crippen LogP contribution in [-0.4, -0.2) is 43.5 Å². The maximum Gasteiger partial charge on any atom is 0.261 e. The topological polar surface area (TPSA) is 110 Å². The van der Waals surface area contributed by atoms with Crippen LogP contribution in [0.1, 0.15) is 34.6 Å². The predicted molar refractivity (Wildman–Crippen MR) is 78.3 cm³/mol. The van der Waals surface area contributed by atoms with Gasteiger partial charge in [-0.2, -0.15) is 0 Å². The molecule has 1 aliphatic rings. The predicted octanol–water partition coefficient (Wildman–Crippen LogP) is 0.193. The van der Waals surface area contributed by atoms with Crippen molar-refractivity contribution < 1.29 is 18.0 Å². The molecule has 0 saturated heterocycles. The van der Waals surface area contributed by atoms with Gasteiger partial charge in [0.1, 0.15) is 0 Å². The molecule has 0 atom stereocenters. The minimum absolute atomic E-state index is 0.0632. The van der Waals surface area contributed by atoms with E-state index in [2.05, 4.69) is 4.72 Å². The van der Waals surface area contributed by atoms with E-state index in [-0.39, 0.29) is 17.7 Å². The number of fused-ring (bicyclic) bond motifs is 1. The molecule has 114 valence electrons. The van der Waals surface area contributed by atoms with Crippen molar-refractivity contribution in [2.45, 2.75) is 19.4 Å². The first kappa shape index (κ1) is 15.5. The number of imide groups is 1. The molecule has 3 N–H and O–H groups in total. The molecule has 0 fully saturated rings. The van der Waals surface area contributed by atoms with Gasteiger partial charge in [0.15, 0.2) is 0 Å². The van der Waals surface area contributed by atoms with Crippen LogP contribution in [0.5, 0.6) is 0 Å². The van der Waals surface area contributed by atoms with Crippen LogP contribution in [0.3, 0.4) is 0 Å². The zero-order chi connectivity index (χ0) is 16.0. The molecule has 0 unspecified atom stereocenters. The van der Waals surface area contributed by atoms with Gasteiger partial charge < -0.3 is 5.73 Å². The first-order chi connectivity index (χ1) is 9.50. The summed E-state index contributed by atoms with van der Waals surface area (Å²) in [6, 6.07) is 4.50. The van der Waals surface area contributed by atoms with E-state index in [9.17, 15) is 18.0 Å². The second-order valence-electron chi connectivity index (χ2n) is 5.76. The number of rotatable bonds is 4. The fourth-order valence-electron chi connectivity index (χ4n) is 2.38. The molecule has 1 aromatic rings. The van der Waals surface area contributed by atoms with Crippen molar-refractivity contribution in [2.24, 2.45) is 0 Å². The Morgan fingerprint density at radius 3 is 2.33 bits per heavy atom. The van der Waals surface area contributed by atoms with E-state index in [1.165, 1.54) is 12.1 Å². The number of hydrogen-bond acceptors (Lipinski definition) is 5. The second-order valence-corrected chi connectivity index (χ2v) is 7.51. The molecular weight excluding hydrogens is 294 g/mol. The number of carbonyl (C=O) groups excluding carboxylic acids is 2. The lowest BCUT2D eigenvalue weighted by Gasteiger charge is -2.29. The van der Waals surface area contributed by atoms with E-state index >= 15 is 0 Å². The fourth-order valence-corrected chi connectivity index (χ4v) is 3.45. The standard InChI is InChI=1S/C13H17N3O4S/c1-13(2,15-21(3,19)20)7-16-11(17)9-5-4-8(14)6-10(9)12(16)18/h4-6,15H,7,14H2,1-3H3. The lowest BCUT2D eigenvalue weighted by molar-refractivity contribution is 0.0620. The van der Waals surface area contributed by atoms with Crippen LogP contribution in [0, 0.1) is 0 Å². The smallest absolute Gasteiger partial charge is 0.261 e. The van der Waals surface area contributed by atoms with Crippen molar-refractivity contribution in [3.63, 3.8) is 0 Å². The molecule has 1 heterocycles. The molecule has 0 radical (unpaired) electrons. The number of sulfonamides is 1. The zero-order valence-corrected chi connectivity index (χ0v) is 12.8. The van der Waals surface area contributed by atoms with Gasteiger partial charge in [-0.05, 0) is 32.0 Å². The third kappa shape index (κ3) is 3.22. The first-order valence-electron chi connectivity index (χ1n) is 6.25. The maximum absolute atomic E-state index is 12.3. The van der Waals surface area contributed by atoms with Gasteiger partial charge in [-0.1, -0.05) is 0 Å². The molecule has 2 rings (SSSR count). The highest BCUT2D eigenvalue weighted by atomic mass is 32.2. The highest BCUT2D eigenvalue weighted by Crippen LogP contribution is 2.26. The molecule has 0 spiro atoms. The number of nitrogens with zero attached hydrogens (tertiary/aromatic N) is 1. The van der Waals surface area contributed by atoms with Crippen molar-refractivity contribution >= 4 is 27.5 Å². The Morgan fingerprint density at radius 1 is 1.19 bits per heavy atom. The Kier molecular flexibility index (Phi) is 3.54. The summed E-state index contributed by atoms with van der Waals surface area (Å²) >= 11 is 0. The second kappa shape index (κ2) is 4.81. The number of benzene rings is 1. The minimum atomic E-state index is -3.45. The van der Waals surface area contributed by atoms with Crippen LogP contribution in [-0.2, 0) is 10.0 Å². The van der Waals surface area contributed by atoms with Crippen LogP contribution in [0.15, 0.2) is 18.2 Å². The maximum atomic E-state index is 12.3. The zero-order valence-electron chi connectivity index (χ0n) is 12.0. The van der Waals surface area contributed by atoms with Gasteiger partial charge in [-0.3, -0.25) is 14.5 Å². The Balaban J connectivity index is 2.28. The third-order valence-corrected chi connectivity index (χ3v) is 3.93. The van der Waals surface area contributed by atoms with E-state index in [1.54, 1.807) is 19.9 Å². The van der Waals surface area contributed by atoms with Gasteiger partial charge in [0.05, 0.1) is 17.4 Å². The van der Waals surface area contributed by atoms with Gasteiger partial charge in [-0.15, -0.1) is 0 Å². The van der Waals surface area contributed by atoms with Crippen molar-refractivity contribution in [3.05, 3.63) is 29.3 Å². The van der Waals surface area contributed by atoms with Crippen LogP contribution in [0.4, 0.5) is 5.69 Å². The van der Waals surface area contributed by atoms with E-state index in [0.717, 1.165) is 11.2 Å². The summed E-state index contributed by atoms with van der Waals surface area (Å²) < 4.78 is 25.1. The first-order valence-corrected chi connectivity index (χ1v) is 8.14. The Hall–Kier alpha value is -1.93. The molecular formula is C13H17N3O4S. The molecule has 21 heavy (non-hydrogen) atoms. The average Bonchev–Trinajstić information content (AvgIpc) is 2.51. The molecule has 0 saturated carbocycles. The van der Waals surface area contributed by atoms with Crippen molar-refractivity contribution in [2.75, 3.05) is 18.5 Å². The van der Waals surface area contributed by atoms with E-state index < -0.39 is 27.4 Å². The minimum Gasteiger partial charge on any atom is -0.399 e. The molecule has 1 aliphatic heterocycles. The number of anilines is 1. The molecule has 8 heteroatoms. The average molecular weight is 311 g/mol. The van der Waals surface area contributed by atoms with E-state index in [0.29, 0.717) is 5.69 Å². The Bertz CT molecular complexity index is 725. The van der Waals surface area contributed by atoms with Crippen LogP contribution < -0.4 is 10.5 Å². The largest absolute Gasteiger partial charge is 0.399 e. The quantitative estimate of drug-likeness (QED) is 0.609. The summed E-state index contributed by atoms with van der Waals surface area (Å²) in [7, 11) is -3.45. The number of amides is 2. The van der Waals surface area contributed by atoms with Crippen molar-refractivity contribution in [1.82, 2.24) is 9.62 Å². The summed E-state index contributed by atoms with van der Waals surface area (Å²) in [4.78, 5) is 25.6. The Morgan fingerprint density at radius 2 is 1.76 bits per heavy atom. The van der Waals surface area contributed by atoms with Gasteiger partial charge >= 0.3 is 0 Å². The molecule has 2 amide bonds. The summed E-state index contributed by atoms with van der Waals surface area (Å²) in [6.45, 7) is 3.14. The van der Waals surface area contributed by atoms with Crippen LogP contribution in [0.2, 0.25) is 0 Å². The lowest BCUT2D eigenvalue weighted by atomic mass is 10.1. The highest BCUT2D eigenvalue weighted by Gasteiger charge is 2.39. The molecule has 0 aromatic heterocycles. The SMILES string of the molecule is CC(C)(CN1C(=O)c2ccc(N)cc2C1=O)NS(C)(=O)=O. The molecule has 7 nitrogen and oxygen atoms in total. The van der Waals surface area contributed by atoms with Crippen molar-refractivity contribution in [3.8, 4) is 0 Å². The lowest BCUT2D eigenvalue weighted by Crippen LogP contribution is -2.52. The summed E-state index contributed by atoms with van der Waals surface area (Å²) in [6.07, 6.45) is 1.03. The van der Waals surface area contributed by atoms with E-state index in [1.807, 2.05) is 0 Å². The van der Waals surface area contributed by atoms with Crippen molar-refractivity contribution in [1.29, 1.82) is 0 Å². The molecule has 1 aromatic carbocycles. The molecule has 0 bridgehead atoms. The Labute approximate surface area is 123 Å². The van der Waals surface area contributed by atoms with Crippen LogP contribution >= 0.6 is 0 Å². The number of nitrogen functional groups attached to an aromatic ring is 1. The summed E-state index contributed by atoms with van der Waals surface area (Å²) in [5.74, 6) is -0.913.